The molecule has 0 fully saturated rings. The summed E-state index contributed by atoms with van der Waals surface area (Å²) in [5, 5.41) is 0.137. The molecule has 0 saturated carbocycles. The third-order valence-electron chi connectivity index (χ3n) is 3.28. The standard InChI is InChI=1S/C20H24O4Si/c1-20(2,3)25-24-13-15-10-11-17(18(12-15)23-14-22-4)19(21)16-8-6-5-7-9-16/h5-12H,13-14H2,1-4H3. The van der Waals surface area contributed by atoms with Gasteiger partial charge in [0.15, 0.2) is 12.6 Å². The van der Waals surface area contributed by atoms with Gasteiger partial charge in [0, 0.05) is 12.7 Å². The van der Waals surface area contributed by atoms with E-state index < -0.39 is 0 Å². The van der Waals surface area contributed by atoms with Crippen LogP contribution < -0.4 is 4.74 Å². The average molecular weight is 356 g/mol. The lowest BCUT2D eigenvalue weighted by atomic mass is 10.0. The molecule has 2 rings (SSSR count). The Morgan fingerprint density at radius 1 is 1.08 bits per heavy atom. The van der Waals surface area contributed by atoms with Crippen LogP contribution >= 0.6 is 0 Å². The fourth-order valence-corrected chi connectivity index (χ4v) is 2.84. The van der Waals surface area contributed by atoms with Gasteiger partial charge in [-0.1, -0.05) is 57.2 Å². The SMILES string of the molecule is COCOc1cc(CO[Si]C(C)(C)C)ccc1C(=O)c1ccccc1. The maximum atomic E-state index is 12.7. The van der Waals surface area contributed by atoms with Crippen LogP contribution in [-0.2, 0) is 15.8 Å². The lowest BCUT2D eigenvalue weighted by Gasteiger charge is -2.16. The van der Waals surface area contributed by atoms with Crippen LogP contribution in [0.4, 0.5) is 0 Å². The van der Waals surface area contributed by atoms with Crippen molar-refractivity contribution in [2.24, 2.45) is 0 Å². The summed E-state index contributed by atoms with van der Waals surface area (Å²) in [5.41, 5.74) is 2.11. The summed E-state index contributed by atoms with van der Waals surface area (Å²) in [6.07, 6.45) is 0. The maximum Gasteiger partial charge on any atom is 0.236 e. The Hall–Kier alpha value is -1.95. The molecule has 132 valence electrons. The van der Waals surface area contributed by atoms with Gasteiger partial charge in [-0.25, -0.2) is 0 Å². The molecule has 0 aliphatic carbocycles. The quantitative estimate of drug-likeness (QED) is 0.403. The number of carbonyl (C=O) groups is 1. The maximum absolute atomic E-state index is 12.7. The Morgan fingerprint density at radius 2 is 1.80 bits per heavy atom. The third kappa shape index (κ3) is 6.12. The minimum atomic E-state index is -0.0734. The van der Waals surface area contributed by atoms with Crippen LogP contribution in [-0.4, -0.2) is 29.4 Å². The molecule has 4 nitrogen and oxygen atoms in total. The summed E-state index contributed by atoms with van der Waals surface area (Å²) in [6, 6.07) is 14.7. The highest BCUT2D eigenvalue weighted by atomic mass is 28.2. The van der Waals surface area contributed by atoms with Crippen molar-refractivity contribution in [1.29, 1.82) is 0 Å². The molecule has 0 aromatic heterocycles. The summed E-state index contributed by atoms with van der Waals surface area (Å²) < 4.78 is 16.4. The van der Waals surface area contributed by atoms with E-state index in [4.69, 9.17) is 13.9 Å². The predicted molar refractivity (Wildman–Crippen MR) is 99.1 cm³/mol. The van der Waals surface area contributed by atoms with Gasteiger partial charge in [0.2, 0.25) is 9.76 Å². The normalized spacial score (nSPS) is 11.4. The van der Waals surface area contributed by atoms with Crippen molar-refractivity contribution in [1.82, 2.24) is 0 Å². The molecule has 2 aromatic rings. The number of rotatable bonds is 8. The van der Waals surface area contributed by atoms with Crippen LogP contribution in [0.15, 0.2) is 48.5 Å². The molecule has 2 aromatic carbocycles. The molecule has 2 radical (unpaired) electrons. The van der Waals surface area contributed by atoms with Crippen molar-refractivity contribution < 1.29 is 18.7 Å². The first-order chi connectivity index (χ1) is 11.9. The Bertz CT molecular complexity index is 693. The Morgan fingerprint density at radius 3 is 2.44 bits per heavy atom. The van der Waals surface area contributed by atoms with Gasteiger partial charge in [-0.05, 0) is 22.7 Å². The van der Waals surface area contributed by atoms with Crippen LogP contribution in [0.5, 0.6) is 5.75 Å². The fourth-order valence-electron chi connectivity index (χ4n) is 2.17. The second-order valence-corrected chi connectivity index (χ2v) is 8.71. The van der Waals surface area contributed by atoms with Crippen molar-refractivity contribution in [3.63, 3.8) is 0 Å². The first-order valence-corrected chi connectivity index (χ1v) is 9.05. The van der Waals surface area contributed by atoms with Gasteiger partial charge in [-0.3, -0.25) is 4.79 Å². The van der Waals surface area contributed by atoms with E-state index in [0.717, 1.165) is 5.56 Å². The molecule has 0 bridgehead atoms. The lowest BCUT2D eigenvalue weighted by molar-refractivity contribution is 0.0502. The van der Waals surface area contributed by atoms with Crippen LogP contribution in [0, 0.1) is 0 Å². The molecular formula is C20H24O4Si. The highest BCUT2D eigenvalue weighted by Gasteiger charge is 2.17. The lowest BCUT2D eigenvalue weighted by Crippen LogP contribution is -2.13. The number of hydrogen-bond acceptors (Lipinski definition) is 4. The van der Waals surface area contributed by atoms with E-state index in [-0.39, 0.29) is 17.6 Å². The molecule has 0 heterocycles. The van der Waals surface area contributed by atoms with E-state index in [2.05, 4.69) is 20.8 Å². The zero-order chi connectivity index (χ0) is 18.3. The van der Waals surface area contributed by atoms with Crippen LogP contribution in [0.25, 0.3) is 0 Å². The number of ether oxygens (including phenoxy) is 2. The third-order valence-corrected chi connectivity index (χ3v) is 4.18. The first-order valence-electron chi connectivity index (χ1n) is 8.14. The molecular weight excluding hydrogens is 332 g/mol. The number of carbonyl (C=O) groups excluding carboxylic acids is 1. The summed E-state index contributed by atoms with van der Waals surface area (Å²) in [7, 11) is 1.95. The highest BCUT2D eigenvalue weighted by Crippen LogP contribution is 2.25. The van der Waals surface area contributed by atoms with Gasteiger partial charge >= 0.3 is 0 Å². The molecule has 0 aliphatic heterocycles. The molecule has 0 saturated heterocycles. The van der Waals surface area contributed by atoms with Gasteiger partial charge in [-0.15, -0.1) is 0 Å². The van der Waals surface area contributed by atoms with Gasteiger partial charge in [0.05, 0.1) is 12.2 Å². The molecule has 25 heavy (non-hydrogen) atoms. The second-order valence-electron chi connectivity index (χ2n) is 6.72. The molecule has 0 amide bonds. The Kier molecular flexibility index (Phi) is 6.93. The number of ketones is 1. The highest BCUT2D eigenvalue weighted by molar-refractivity contribution is 6.31. The van der Waals surface area contributed by atoms with E-state index in [9.17, 15) is 4.79 Å². The predicted octanol–water partition coefficient (Wildman–Crippen LogP) is 4.25. The molecule has 0 atom stereocenters. The molecule has 0 unspecified atom stereocenters. The van der Waals surface area contributed by atoms with Crippen molar-refractivity contribution in [3.8, 4) is 5.75 Å². The molecule has 5 heteroatoms. The number of benzene rings is 2. The molecule has 0 spiro atoms. The van der Waals surface area contributed by atoms with E-state index in [1.165, 1.54) is 0 Å². The van der Waals surface area contributed by atoms with E-state index in [0.29, 0.717) is 33.2 Å². The van der Waals surface area contributed by atoms with E-state index in [1.807, 2.05) is 30.3 Å². The van der Waals surface area contributed by atoms with Gasteiger partial charge in [0.25, 0.3) is 0 Å². The first kappa shape index (κ1) is 19.4. The zero-order valence-electron chi connectivity index (χ0n) is 15.2. The van der Waals surface area contributed by atoms with E-state index in [1.54, 1.807) is 25.3 Å². The average Bonchev–Trinajstić information content (AvgIpc) is 2.59. The van der Waals surface area contributed by atoms with Crippen molar-refractivity contribution in [3.05, 3.63) is 65.2 Å². The van der Waals surface area contributed by atoms with Gasteiger partial charge in [0.1, 0.15) is 5.75 Å². The Balaban J connectivity index is 2.20. The van der Waals surface area contributed by atoms with Crippen molar-refractivity contribution in [2.75, 3.05) is 13.9 Å². The number of methoxy groups -OCH3 is 1. The van der Waals surface area contributed by atoms with Gasteiger partial charge in [-0.2, -0.15) is 0 Å². The van der Waals surface area contributed by atoms with Crippen LogP contribution in [0.2, 0.25) is 5.04 Å². The minimum absolute atomic E-state index is 0.0734. The summed E-state index contributed by atoms with van der Waals surface area (Å²) in [4.78, 5) is 12.7. The largest absolute Gasteiger partial charge is 0.467 e. The topological polar surface area (TPSA) is 44.8 Å². The molecule has 0 aliphatic rings. The summed E-state index contributed by atoms with van der Waals surface area (Å²) in [5.74, 6) is 0.437. The summed E-state index contributed by atoms with van der Waals surface area (Å²) >= 11 is 0. The minimum Gasteiger partial charge on any atom is -0.467 e. The summed E-state index contributed by atoms with van der Waals surface area (Å²) in [6.45, 7) is 6.99. The number of hydrogen-bond donors (Lipinski definition) is 0. The van der Waals surface area contributed by atoms with Gasteiger partial charge < -0.3 is 13.9 Å². The smallest absolute Gasteiger partial charge is 0.236 e. The van der Waals surface area contributed by atoms with Crippen LogP contribution in [0.1, 0.15) is 42.3 Å². The Labute approximate surface area is 152 Å². The second kappa shape index (κ2) is 8.94. The fraction of sp³-hybridized carbons (Fsp3) is 0.350. The van der Waals surface area contributed by atoms with Crippen molar-refractivity contribution in [2.45, 2.75) is 32.4 Å². The monoisotopic (exact) mass is 356 g/mol. The van der Waals surface area contributed by atoms with E-state index >= 15 is 0 Å². The van der Waals surface area contributed by atoms with Crippen molar-refractivity contribution >= 4 is 15.5 Å². The molecule has 0 N–H and O–H groups in total. The van der Waals surface area contributed by atoms with Crippen LogP contribution in [0.3, 0.4) is 0 Å². The zero-order valence-corrected chi connectivity index (χ0v) is 16.2.